The Morgan fingerprint density at radius 1 is 0.808 bits per heavy atom. The van der Waals surface area contributed by atoms with Gasteiger partial charge in [0, 0.05) is 10.9 Å². The molecule has 0 saturated heterocycles. The van der Waals surface area contributed by atoms with Crippen LogP contribution in [0.4, 0.5) is 0 Å². The van der Waals surface area contributed by atoms with E-state index in [0.29, 0.717) is 5.02 Å². The average molecular weight is 361 g/mol. The third-order valence-electron chi connectivity index (χ3n) is 5.21. The third kappa shape index (κ3) is 3.33. The van der Waals surface area contributed by atoms with Gasteiger partial charge >= 0.3 is 0 Å². The highest BCUT2D eigenvalue weighted by atomic mass is 35.5. The number of aliphatic hydroxyl groups excluding tert-OH is 1. The van der Waals surface area contributed by atoms with Gasteiger partial charge in [0.1, 0.15) is 0 Å². The van der Waals surface area contributed by atoms with Crippen LogP contribution in [0.2, 0.25) is 5.02 Å². The van der Waals surface area contributed by atoms with Gasteiger partial charge in [-0.2, -0.15) is 0 Å². The maximum absolute atomic E-state index is 11.0. The molecule has 4 rings (SSSR count). The fourth-order valence-corrected chi connectivity index (χ4v) is 3.88. The molecule has 2 heteroatoms. The minimum atomic E-state index is -0.501. The van der Waals surface area contributed by atoms with E-state index in [9.17, 15) is 5.11 Å². The molecular formula is C24H21ClO. The van der Waals surface area contributed by atoms with E-state index < -0.39 is 6.10 Å². The third-order valence-corrected chi connectivity index (χ3v) is 5.46. The Morgan fingerprint density at radius 2 is 1.35 bits per heavy atom. The summed E-state index contributed by atoms with van der Waals surface area (Å²) in [5.74, 6) is 0.145. The fraction of sp³-hybridized carbons (Fsp3) is 0.167. The molecule has 1 N–H and O–H groups in total. The summed E-state index contributed by atoms with van der Waals surface area (Å²) in [6.07, 6.45) is 1.52. The molecule has 1 fully saturated rings. The van der Waals surface area contributed by atoms with E-state index in [4.69, 9.17) is 11.6 Å². The van der Waals surface area contributed by atoms with E-state index in [-0.39, 0.29) is 5.92 Å². The summed E-state index contributed by atoms with van der Waals surface area (Å²) < 4.78 is 0. The quantitative estimate of drug-likeness (QED) is 0.580. The second-order valence-corrected chi connectivity index (χ2v) is 7.21. The van der Waals surface area contributed by atoms with E-state index in [1.165, 1.54) is 22.3 Å². The lowest BCUT2D eigenvalue weighted by molar-refractivity contribution is 0.0996. The van der Waals surface area contributed by atoms with Gasteiger partial charge in [-0.15, -0.1) is 0 Å². The zero-order chi connectivity index (χ0) is 17.9. The zero-order valence-corrected chi connectivity index (χ0v) is 15.2. The van der Waals surface area contributed by atoms with Crippen molar-refractivity contribution in [1.82, 2.24) is 0 Å². The van der Waals surface area contributed by atoms with Gasteiger partial charge in [-0.25, -0.2) is 0 Å². The topological polar surface area (TPSA) is 20.2 Å². The molecule has 1 nitrogen and oxygen atoms in total. The summed E-state index contributed by atoms with van der Waals surface area (Å²) in [6, 6.07) is 28.5. The number of hydrogen-bond donors (Lipinski definition) is 1. The van der Waals surface area contributed by atoms with E-state index in [0.717, 1.165) is 18.4 Å². The van der Waals surface area contributed by atoms with Crippen LogP contribution in [0.3, 0.4) is 0 Å². The lowest BCUT2D eigenvalue weighted by atomic mass is 9.70. The van der Waals surface area contributed by atoms with Gasteiger partial charge in [-0.1, -0.05) is 90.0 Å². The molecule has 130 valence electrons. The van der Waals surface area contributed by atoms with Crippen LogP contribution < -0.4 is 0 Å². The van der Waals surface area contributed by atoms with Crippen molar-refractivity contribution in [1.29, 1.82) is 0 Å². The van der Waals surface area contributed by atoms with Crippen LogP contribution >= 0.6 is 11.6 Å². The van der Waals surface area contributed by atoms with Crippen LogP contribution in [0.15, 0.2) is 90.5 Å². The summed E-state index contributed by atoms with van der Waals surface area (Å²) in [6.45, 7) is 0. The molecular weight excluding hydrogens is 340 g/mol. The van der Waals surface area contributed by atoms with E-state index in [1.54, 1.807) is 0 Å². The summed E-state index contributed by atoms with van der Waals surface area (Å²) in [5.41, 5.74) is 5.95. The molecule has 26 heavy (non-hydrogen) atoms. The Labute approximate surface area is 159 Å². The van der Waals surface area contributed by atoms with Crippen LogP contribution in [-0.4, -0.2) is 5.11 Å². The molecule has 2 atom stereocenters. The monoisotopic (exact) mass is 360 g/mol. The van der Waals surface area contributed by atoms with Gasteiger partial charge in [0.2, 0.25) is 0 Å². The number of rotatable bonds is 4. The van der Waals surface area contributed by atoms with Crippen molar-refractivity contribution in [3.8, 4) is 0 Å². The smallest absolute Gasteiger partial charge is 0.0855 e. The van der Waals surface area contributed by atoms with Gasteiger partial charge in [0.05, 0.1) is 6.10 Å². The fourth-order valence-electron chi connectivity index (χ4n) is 3.75. The standard InChI is InChI=1S/C24H21ClO/c25-20-13-11-19(12-14-20)24(26)22-16-15-21(22)23(17-7-3-1-4-8-17)18-9-5-2-6-10-18/h1-14,22,24,26H,15-16H2/t22-,24-/m0/s1. The van der Waals surface area contributed by atoms with Crippen molar-refractivity contribution in [2.24, 2.45) is 5.92 Å². The van der Waals surface area contributed by atoms with Gasteiger partial charge in [0.25, 0.3) is 0 Å². The first kappa shape index (κ1) is 17.1. The molecule has 3 aromatic carbocycles. The van der Waals surface area contributed by atoms with Crippen LogP contribution in [0.25, 0.3) is 5.57 Å². The molecule has 1 aliphatic rings. The molecule has 0 spiro atoms. The minimum Gasteiger partial charge on any atom is -0.388 e. The first-order chi connectivity index (χ1) is 12.7. The Morgan fingerprint density at radius 3 is 1.81 bits per heavy atom. The molecule has 3 aromatic rings. The van der Waals surface area contributed by atoms with Gasteiger partial charge < -0.3 is 5.11 Å². The lowest BCUT2D eigenvalue weighted by Gasteiger charge is -2.37. The summed E-state index contributed by atoms with van der Waals surface area (Å²) in [5, 5.41) is 11.7. The maximum atomic E-state index is 11.0. The Hall–Kier alpha value is -2.35. The van der Waals surface area contributed by atoms with Crippen molar-refractivity contribution in [2.45, 2.75) is 18.9 Å². The first-order valence-electron chi connectivity index (χ1n) is 9.01. The molecule has 0 aliphatic heterocycles. The van der Waals surface area contributed by atoms with Crippen molar-refractivity contribution in [2.75, 3.05) is 0 Å². The van der Waals surface area contributed by atoms with Gasteiger partial charge in [-0.05, 0) is 47.2 Å². The van der Waals surface area contributed by atoms with Crippen molar-refractivity contribution < 1.29 is 5.11 Å². The van der Waals surface area contributed by atoms with Crippen LogP contribution in [-0.2, 0) is 0 Å². The molecule has 0 radical (unpaired) electrons. The number of benzene rings is 3. The molecule has 0 amide bonds. The van der Waals surface area contributed by atoms with Crippen molar-refractivity contribution in [3.05, 3.63) is 112 Å². The lowest BCUT2D eigenvalue weighted by Crippen LogP contribution is -2.25. The summed E-state index contributed by atoms with van der Waals surface area (Å²) in [4.78, 5) is 0. The van der Waals surface area contributed by atoms with Crippen LogP contribution in [0, 0.1) is 5.92 Å². The van der Waals surface area contributed by atoms with Crippen LogP contribution in [0.5, 0.6) is 0 Å². The second-order valence-electron chi connectivity index (χ2n) is 6.77. The van der Waals surface area contributed by atoms with Gasteiger partial charge in [0.15, 0.2) is 0 Å². The largest absolute Gasteiger partial charge is 0.388 e. The maximum Gasteiger partial charge on any atom is 0.0855 e. The highest BCUT2D eigenvalue weighted by molar-refractivity contribution is 6.30. The number of aliphatic hydroxyl groups is 1. The van der Waals surface area contributed by atoms with E-state index in [2.05, 4.69) is 48.5 Å². The highest BCUT2D eigenvalue weighted by Gasteiger charge is 2.34. The molecule has 0 bridgehead atoms. The zero-order valence-electron chi connectivity index (χ0n) is 14.5. The molecule has 1 aliphatic carbocycles. The minimum absolute atomic E-state index is 0.145. The van der Waals surface area contributed by atoms with Gasteiger partial charge in [-0.3, -0.25) is 0 Å². The summed E-state index contributed by atoms with van der Waals surface area (Å²) >= 11 is 5.99. The summed E-state index contributed by atoms with van der Waals surface area (Å²) in [7, 11) is 0. The van der Waals surface area contributed by atoms with E-state index >= 15 is 0 Å². The highest BCUT2D eigenvalue weighted by Crippen LogP contribution is 2.47. The predicted molar refractivity (Wildman–Crippen MR) is 108 cm³/mol. The normalized spacial score (nSPS) is 17.5. The number of halogens is 1. The van der Waals surface area contributed by atoms with Crippen molar-refractivity contribution in [3.63, 3.8) is 0 Å². The Kier molecular flexibility index (Phi) is 4.92. The Bertz CT molecular complexity index is 856. The molecule has 0 heterocycles. The Balaban J connectivity index is 1.76. The molecule has 1 saturated carbocycles. The van der Waals surface area contributed by atoms with E-state index in [1.807, 2.05) is 36.4 Å². The second kappa shape index (κ2) is 7.49. The van der Waals surface area contributed by atoms with Crippen molar-refractivity contribution >= 4 is 17.2 Å². The van der Waals surface area contributed by atoms with Crippen LogP contribution in [0.1, 0.15) is 35.6 Å². The molecule has 0 unspecified atom stereocenters. The first-order valence-corrected chi connectivity index (χ1v) is 9.39. The average Bonchev–Trinajstić information content (AvgIpc) is 2.67. The SMILES string of the molecule is O[C@@H](c1ccc(Cl)cc1)[C@H]1CCC1=C(c1ccccc1)c1ccccc1. The number of hydrogen-bond acceptors (Lipinski definition) is 1. The predicted octanol–water partition coefficient (Wildman–Crippen LogP) is 6.29. The molecule has 0 aromatic heterocycles.